The molecule has 0 bridgehead atoms. The summed E-state index contributed by atoms with van der Waals surface area (Å²) >= 11 is 0. The van der Waals surface area contributed by atoms with Gasteiger partial charge < -0.3 is 18.9 Å². The first-order chi connectivity index (χ1) is 15.7. The Kier molecular flexibility index (Phi) is 19.7. The minimum Gasteiger partial charge on any atom is -0.352 e. The van der Waals surface area contributed by atoms with Crippen molar-refractivity contribution in [1.29, 1.82) is 0 Å². The van der Waals surface area contributed by atoms with Gasteiger partial charge in [0.2, 0.25) is 0 Å². The van der Waals surface area contributed by atoms with Crippen LogP contribution in [0.15, 0.2) is 70.5 Å². The Morgan fingerprint density at radius 3 is 1.12 bits per heavy atom. The van der Waals surface area contributed by atoms with Crippen LogP contribution in [0.25, 0.3) is 0 Å². The van der Waals surface area contributed by atoms with E-state index in [1.165, 1.54) is 9.79 Å². The molecule has 0 aromatic heterocycles. The standard InChI is InChI=1S/C12H26O4S2.C12H10S2/c1-5-13-11(14-6-2)9-17-18-10-12(15-7-3)16-8-4;1-3-7-11(8-4-1)13-14-12-9-5-2-6-10-12/h11-12H,5-10H2,1-4H3;1-10H. The van der Waals surface area contributed by atoms with Crippen LogP contribution >= 0.6 is 43.2 Å². The van der Waals surface area contributed by atoms with E-state index >= 15 is 0 Å². The topological polar surface area (TPSA) is 36.9 Å². The van der Waals surface area contributed by atoms with Crippen LogP contribution in [0.1, 0.15) is 27.7 Å². The fraction of sp³-hybridized carbons (Fsp3) is 0.500. The maximum atomic E-state index is 5.47. The minimum atomic E-state index is -0.116. The molecule has 0 radical (unpaired) electrons. The lowest BCUT2D eigenvalue weighted by molar-refractivity contribution is -0.120. The quantitative estimate of drug-likeness (QED) is 0.128. The maximum absolute atomic E-state index is 5.47. The summed E-state index contributed by atoms with van der Waals surface area (Å²) in [5.41, 5.74) is 0. The Balaban J connectivity index is 0.000000328. The average Bonchev–Trinajstić information content (AvgIpc) is 2.83. The molecule has 0 aliphatic heterocycles. The Labute approximate surface area is 210 Å². The van der Waals surface area contributed by atoms with Gasteiger partial charge in [-0.3, -0.25) is 0 Å². The molecule has 2 aromatic rings. The minimum absolute atomic E-state index is 0.116. The van der Waals surface area contributed by atoms with Crippen molar-refractivity contribution < 1.29 is 18.9 Å². The number of benzene rings is 2. The molecule has 4 nitrogen and oxygen atoms in total. The number of hydrogen-bond acceptors (Lipinski definition) is 8. The Bertz CT molecular complexity index is 579. The number of rotatable bonds is 16. The molecule has 32 heavy (non-hydrogen) atoms. The summed E-state index contributed by atoms with van der Waals surface area (Å²) in [5.74, 6) is 1.63. The highest BCUT2D eigenvalue weighted by molar-refractivity contribution is 8.77. The van der Waals surface area contributed by atoms with Crippen molar-refractivity contribution >= 4 is 43.2 Å². The predicted octanol–water partition coefficient (Wildman–Crippen LogP) is 7.65. The molecular weight excluding hydrogens is 481 g/mol. The lowest BCUT2D eigenvalue weighted by Crippen LogP contribution is -2.21. The SMILES string of the molecule is CCOC(CSSCC(OCC)OCC)OCC.c1ccc(SSc2ccccc2)cc1. The van der Waals surface area contributed by atoms with Gasteiger partial charge in [0.15, 0.2) is 12.6 Å². The Morgan fingerprint density at radius 2 is 0.844 bits per heavy atom. The molecule has 0 heterocycles. The van der Waals surface area contributed by atoms with Gasteiger partial charge in [-0.25, -0.2) is 0 Å². The zero-order valence-electron chi connectivity index (χ0n) is 19.4. The first-order valence-corrected chi connectivity index (χ1v) is 15.5. The van der Waals surface area contributed by atoms with Crippen LogP contribution in [0.5, 0.6) is 0 Å². The smallest absolute Gasteiger partial charge is 0.167 e. The van der Waals surface area contributed by atoms with Gasteiger partial charge in [-0.2, -0.15) is 0 Å². The number of hydrogen-bond donors (Lipinski definition) is 0. The predicted molar refractivity (Wildman–Crippen MR) is 144 cm³/mol. The lowest BCUT2D eigenvalue weighted by atomic mass is 10.4. The van der Waals surface area contributed by atoms with Crippen LogP contribution in [0, 0.1) is 0 Å². The summed E-state index contributed by atoms with van der Waals surface area (Å²) < 4.78 is 21.9. The van der Waals surface area contributed by atoms with E-state index in [0.717, 1.165) is 11.5 Å². The van der Waals surface area contributed by atoms with E-state index in [-0.39, 0.29) is 12.6 Å². The van der Waals surface area contributed by atoms with Crippen LogP contribution < -0.4 is 0 Å². The van der Waals surface area contributed by atoms with Gasteiger partial charge in [-0.15, -0.1) is 0 Å². The molecule has 180 valence electrons. The van der Waals surface area contributed by atoms with Gasteiger partial charge in [0.1, 0.15) is 0 Å². The molecule has 0 aliphatic rings. The zero-order chi connectivity index (χ0) is 23.3. The molecule has 2 aromatic carbocycles. The summed E-state index contributed by atoms with van der Waals surface area (Å²) in [7, 11) is 7.04. The monoisotopic (exact) mass is 516 g/mol. The summed E-state index contributed by atoms with van der Waals surface area (Å²) in [6, 6.07) is 20.8. The summed E-state index contributed by atoms with van der Waals surface area (Å²) in [5, 5.41) is 0. The fourth-order valence-corrected chi connectivity index (χ4v) is 6.30. The van der Waals surface area contributed by atoms with Crippen LogP contribution in [-0.2, 0) is 18.9 Å². The van der Waals surface area contributed by atoms with E-state index in [4.69, 9.17) is 18.9 Å². The van der Waals surface area contributed by atoms with Gasteiger partial charge in [0.25, 0.3) is 0 Å². The Morgan fingerprint density at radius 1 is 0.531 bits per heavy atom. The molecule has 0 aliphatic carbocycles. The van der Waals surface area contributed by atoms with Crippen LogP contribution in [0.2, 0.25) is 0 Å². The second-order valence-corrected chi connectivity index (χ2v) is 10.9. The zero-order valence-corrected chi connectivity index (χ0v) is 22.7. The molecule has 0 fully saturated rings. The van der Waals surface area contributed by atoms with Crippen molar-refractivity contribution in [2.24, 2.45) is 0 Å². The number of ether oxygens (including phenoxy) is 4. The van der Waals surface area contributed by atoms with Gasteiger partial charge in [0, 0.05) is 36.2 Å². The summed E-state index contributed by atoms with van der Waals surface area (Å²) in [6.45, 7) is 10.6. The van der Waals surface area contributed by atoms with Gasteiger partial charge in [0.05, 0.1) is 11.5 Å². The second kappa shape index (κ2) is 21.2. The van der Waals surface area contributed by atoms with Crippen molar-refractivity contribution in [1.82, 2.24) is 0 Å². The molecule has 0 saturated heterocycles. The van der Waals surface area contributed by atoms with Crippen molar-refractivity contribution in [3.8, 4) is 0 Å². The van der Waals surface area contributed by atoms with Crippen molar-refractivity contribution in [3.63, 3.8) is 0 Å². The molecule has 0 amide bonds. The maximum Gasteiger partial charge on any atom is 0.167 e. The third-order valence-corrected chi connectivity index (χ3v) is 8.34. The van der Waals surface area contributed by atoms with Gasteiger partial charge in [-0.1, -0.05) is 79.6 Å². The van der Waals surface area contributed by atoms with Gasteiger partial charge >= 0.3 is 0 Å². The average molecular weight is 517 g/mol. The Hall–Kier alpha value is -0.320. The van der Waals surface area contributed by atoms with Crippen LogP contribution in [0.3, 0.4) is 0 Å². The fourth-order valence-electron chi connectivity index (χ4n) is 2.29. The van der Waals surface area contributed by atoms with Crippen molar-refractivity contribution in [2.45, 2.75) is 50.1 Å². The third-order valence-electron chi connectivity index (χ3n) is 3.62. The molecular formula is C24H36O4S4. The molecule has 0 atom stereocenters. The van der Waals surface area contributed by atoms with E-state index in [0.29, 0.717) is 26.4 Å². The van der Waals surface area contributed by atoms with E-state index < -0.39 is 0 Å². The highest BCUT2D eigenvalue weighted by Gasteiger charge is 2.11. The molecule has 0 unspecified atom stereocenters. The van der Waals surface area contributed by atoms with E-state index in [9.17, 15) is 0 Å². The summed E-state index contributed by atoms with van der Waals surface area (Å²) in [6.07, 6.45) is -0.231. The first-order valence-electron chi connectivity index (χ1n) is 10.9. The highest BCUT2D eigenvalue weighted by atomic mass is 33.1. The normalized spacial score (nSPS) is 10.9. The van der Waals surface area contributed by atoms with E-state index in [1.807, 2.05) is 39.8 Å². The summed E-state index contributed by atoms with van der Waals surface area (Å²) in [4.78, 5) is 2.59. The molecule has 0 N–H and O–H groups in total. The largest absolute Gasteiger partial charge is 0.352 e. The third kappa shape index (κ3) is 15.5. The van der Waals surface area contributed by atoms with Crippen molar-refractivity contribution in [3.05, 3.63) is 60.7 Å². The highest BCUT2D eigenvalue weighted by Crippen LogP contribution is 2.36. The second-order valence-electron chi connectivity index (χ2n) is 6.04. The lowest BCUT2D eigenvalue weighted by Gasteiger charge is -2.18. The molecule has 0 saturated carbocycles. The van der Waals surface area contributed by atoms with Crippen LogP contribution in [0.4, 0.5) is 0 Å². The molecule has 0 spiro atoms. The van der Waals surface area contributed by atoms with Crippen molar-refractivity contribution in [2.75, 3.05) is 37.9 Å². The molecule has 8 heteroatoms. The molecule has 2 rings (SSSR count). The van der Waals surface area contributed by atoms with E-state index in [2.05, 4.69) is 48.5 Å². The first kappa shape index (κ1) is 29.7. The van der Waals surface area contributed by atoms with Gasteiger partial charge in [-0.05, 0) is 52.0 Å². The van der Waals surface area contributed by atoms with Crippen LogP contribution in [-0.4, -0.2) is 50.5 Å². The van der Waals surface area contributed by atoms with E-state index in [1.54, 1.807) is 43.2 Å².